The van der Waals surface area contributed by atoms with Gasteiger partial charge >= 0.3 is 0 Å². The zero-order valence-corrected chi connectivity index (χ0v) is 9.99. The van der Waals surface area contributed by atoms with Crippen molar-refractivity contribution in [3.63, 3.8) is 0 Å². The van der Waals surface area contributed by atoms with Crippen LogP contribution < -0.4 is 5.32 Å². The van der Waals surface area contributed by atoms with Gasteiger partial charge in [-0.05, 0) is 19.4 Å². The van der Waals surface area contributed by atoms with Crippen molar-refractivity contribution in [2.24, 2.45) is 4.99 Å². The third-order valence-corrected chi connectivity index (χ3v) is 3.17. The molecule has 0 spiro atoms. The first kappa shape index (κ1) is 11.6. The van der Waals surface area contributed by atoms with Crippen LogP contribution >= 0.6 is 11.8 Å². The summed E-state index contributed by atoms with van der Waals surface area (Å²) >= 11 is 1.85. The van der Waals surface area contributed by atoms with Gasteiger partial charge in [0.1, 0.15) is 0 Å². The molecule has 14 heavy (non-hydrogen) atoms. The third kappa shape index (κ3) is 4.70. The van der Waals surface area contributed by atoms with Crippen LogP contribution in [0.1, 0.15) is 39.5 Å². The van der Waals surface area contributed by atoms with Crippen molar-refractivity contribution in [1.82, 2.24) is 5.32 Å². The Labute approximate surface area is 91.3 Å². The molecular weight excluding hydrogens is 192 g/mol. The molecule has 0 unspecified atom stereocenters. The highest BCUT2D eigenvalue weighted by Gasteiger charge is 2.03. The monoisotopic (exact) mass is 212 g/mol. The van der Waals surface area contributed by atoms with Crippen LogP contribution in [0.2, 0.25) is 0 Å². The first-order valence-corrected chi connectivity index (χ1v) is 6.42. The summed E-state index contributed by atoms with van der Waals surface area (Å²) in [7, 11) is 0. The smallest absolute Gasteiger partial charge is 0.161 e. The minimum Gasteiger partial charge on any atom is -0.339 e. The number of aliphatic imine (C=N–C) groups is 1. The van der Waals surface area contributed by atoms with Crippen LogP contribution in [0, 0.1) is 0 Å². The van der Waals surface area contributed by atoms with E-state index in [2.05, 4.69) is 30.2 Å². The Morgan fingerprint density at radius 2 is 2.29 bits per heavy atom. The van der Waals surface area contributed by atoms with Crippen LogP contribution in [-0.2, 0) is 0 Å². The fraction of sp³-hybridized carbons (Fsp3) is 0.727. The first-order chi connectivity index (χ1) is 6.83. The molecule has 0 aromatic carbocycles. The standard InChI is InChI=1S/C11H20N2S/c1-3-4-5-6-9-14-11-12-8-7-10(2)13-11/h7H,3-6,8-9H2,1-2H3,(H,12,13). The lowest BCUT2D eigenvalue weighted by Gasteiger charge is -2.13. The fourth-order valence-corrected chi connectivity index (χ4v) is 2.24. The van der Waals surface area contributed by atoms with Crippen molar-refractivity contribution in [3.8, 4) is 0 Å². The van der Waals surface area contributed by atoms with Gasteiger partial charge in [0.15, 0.2) is 5.17 Å². The van der Waals surface area contributed by atoms with E-state index in [1.807, 2.05) is 11.8 Å². The second kappa shape index (κ2) is 6.93. The van der Waals surface area contributed by atoms with Crippen molar-refractivity contribution >= 4 is 16.9 Å². The fourth-order valence-electron chi connectivity index (χ4n) is 1.30. The van der Waals surface area contributed by atoms with Crippen LogP contribution in [0.5, 0.6) is 0 Å². The van der Waals surface area contributed by atoms with Crippen molar-refractivity contribution < 1.29 is 0 Å². The van der Waals surface area contributed by atoms with E-state index in [0.717, 1.165) is 11.7 Å². The minimum atomic E-state index is 0.843. The lowest BCUT2D eigenvalue weighted by Crippen LogP contribution is -2.22. The van der Waals surface area contributed by atoms with Gasteiger partial charge < -0.3 is 5.32 Å². The number of nitrogens with one attached hydrogen (secondary N) is 1. The number of hydrogen-bond donors (Lipinski definition) is 1. The molecule has 0 aliphatic carbocycles. The van der Waals surface area contributed by atoms with E-state index >= 15 is 0 Å². The number of amidine groups is 1. The van der Waals surface area contributed by atoms with Crippen molar-refractivity contribution in [1.29, 1.82) is 0 Å². The van der Waals surface area contributed by atoms with Gasteiger partial charge in [-0.1, -0.05) is 37.9 Å². The molecule has 0 aromatic heterocycles. The van der Waals surface area contributed by atoms with Crippen LogP contribution in [0.15, 0.2) is 16.8 Å². The molecule has 0 atom stereocenters. The summed E-state index contributed by atoms with van der Waals surface area (Å²) in [5, 5.41) is 4.38. The Hall–Kier alpha value is -0.440. The number of rotatable bonds is 5. The number of thioether (sulfide) groups is 1. The molecule has 1 heterocycles. The number of allylic oxidation sites excluding steroid dienone is 1. The molecule has 0 amide bonds. The maximum atomic E-state index is 4.39. The van der Waals surface area contributed by atoms with Gasteiger partial charge in [-0.2, -0.15) is 0 Å². The molecule has 3 heteroatoms. The van der Waals surface area contributed by atoms with Gasteiger partial charge in [0.25, 0.3) is 0 Å². The molecule has 0 saturated heterocycles. The Balaban J connectivity index is 2.04. The molecule has 1 aliphatic rings. The highest BCUT2D eigenvalue weighted by molar-refractivity contribution is 8.13. The summed E-state index contributed by atoms with van der Waals surface area (Å²) < 4.78 is 0. The average Bonchev–Trinajstić information content (AvgIpc) is 2.18. The van der Waals surface area contributed by atoms with Gasteiger partial charge in [0.05, 0.1) is 6.54 Å². The summed E-state index contributed by atoms with van der Waals surface area (Å²) in [5.74, 6) is 1.19. The number of nitrogens with zero attached hydrogens (tertiary/aromatic N) is 1. The zero-order valence-electron chi connectivity index (χ0n) is 9.18. The van der Waals surface area contributed by atoms with E-state index in [-0.39, 0.29) is 0 Å². The van der Waals surface area contributed by atoms with Crippen molar-refractivity contribution in [2.45, 2.75) is 39.5 Å². The SMILES string of the molecule is CCCCCCSC1=NCC=C(C)N1. The molecule has 0 fully saturated rings. The Bertz CT molecular complexity index is 221. The molecule has 80 valence electrons. The van der Waals surface area contributed by atoms with Crippen molar-refractivity contribution in [3.05, 3.63) is 11.8 Å². The highest BCUT2D eigenvalue weighted by atomic mass is 32.2. The van der Waals surface area contributed by atoms with E-state index in [4.69, 9.17) is 0 Å². The Morgan fingerprint density at radius 1 is 1.43 bits per heavy atom. The number of hydrogen-bond acceptors (Lipinski definition) is 3. The largest absolute Gasteiger partial charge is 0.339 e. The molecule has 0 aromatic rings. The molecule has 1 N–H and O–H groups in total. The van der Waals surface area contributed by atoms with Gasteiger partial charge in [-0.25, -0.2) is 0 Å². The molecular formula is C11H20N2S. The lowest BCUT2D eigenvalue weighted by atomic mass is 10.2. The second-order valence-electron chi connectivity index (χ2n) is 3.57. The van der Waals surface area contributed by atoms with E-state index in [9.17, 15) is 0 Å². The first-order valence-electron chi connectivity index (χ1n) is 5.44. The minimum absolute atomic E-state index is 0.843. The zero-order chi connectivity index (χ0) is 10.2. The summed E-state index contributed by atoms with van der Waals surface area (Å²) in [6.07, 6.45) is 7.44. The molecule has 1 rings (SSSR count). The Kier molecular flexibility index (Phi) is 5.76. The molecule has 1 aliphatic heterocycles. The van der Waals surface area contributed by atoms with Crippen LogP contribution in [-0.4, -0.2) is 17.5 Å². The quantitative estimate of drug-likeness (QED) is 0.708. The molecule has 0 radical (unpaired) electrons. The van der Waals surface area contributed by atoms with E-state index in [1.165, 1.54) is 37.1 Å². The maximum absolute atomic E-state index is 4.39. The van der Waals surface area contributed by atoms with Gasteiger partial charge in [-0.3, -0.25) is 4.99 Å². The average molecular weight is 212 g/mol. The summed E-state index contributed by atoms with van der Waals surface area (Å²) in [4.78, 5) is 4.39. The van der Waals surface area contributed by atoms with Crippen LogP contribution in [0.3, 0.4) is 0 Å². The molecule has 0 bridgehead atoms. The summed E-state index contributed by atoms with van der Waals surface area (Å²) in [6.45, 7) is 5.18. The van der Waals surface area contributed by atoms with E-state index in [0.29, 0.717) is 0 Å². The van der Waals surface area contributed by atoms with Gasteiger partial charge in [0, 0.05) is 11.4 Å². The lowest BCUT2D eigenvalue weighted by molar-refractivity contribution is 0.707. The predicted molar refractivity (Wildman–Crippen MR) is 65.8 cm³/mol. The second-order valence-corrected chi connectivity index (χ2v) is 4.65. The number of unbranched alkanes of at least 4 members (excludes halogenated alkanes) is 3. The topological polar surface area (TPSA) is 24.4 Å². The van der Waals surface area contributed by atoms with E-state index in [1.54, 1.807) is 0 Å². The van der Waals surface area contributed by atoms with Crippen LogP contribution in [0.4, 0.5) is 0 Å². The predicted octanol–water partition coefficient (Wildman–Crippen LogP) is 3.16. The Morgan fingerprint density at radius 3 is 3.00 bits per heavy atom. The summed E-state index contributed by atoms with van der Waals surface area (Å²) in [6, 6.07) is 0. The normalized spacial score (nSPS) is 15.9. The summed E-state index contributed by atoms with van der Waals surface area (Å²) in [5.41, 5.74) is 1.23. The third-order valence-electron chi connectivity index (χ3n) is 2.17. The highest BCUT2D eigenvalue weighted by Crippen LogP contribution is 2.11. The molecule has 0 saturated carbocycles. The molecule has 2 nitrogen and oxygen atoms in total. The van der Waals surface area contributed by atoms with E-state index < -0.39 is 0 Å². The maximum Gasteiger partial charge on any atom is 0.161 e. The van der Waals surface area contributed by atoms with Gasteiger partial charge in [-0.15, -0.1) is 0 Å². The van der Waals surface area contributed by atoms with Crippen molar-refractivity contribution in [2.75, 3.05) is 12.3 Å². The van der Waals surface area contributed by atoms with Crippen LogP contribution in [0.25, 0.3) is 0 Å². The van der Waals surface area contributed by atoms with Gasteiger partial charge in [0.2, 0.25) is 0 Å².